The Morgan fingerprint density at radius 1 is 1.44 bits per heavy atom. The van der Waals surface area contributed by atoms with Crippen molar-refractivity contribution in [1.82, 2.24) is 5.32 Å². The summed E-state index contributed by atoms with van der Waals surface area (Å²) in [6, 6.07) is 6.97. The molecule has 1 saturated heterocycles. The average molecular weight is 223 g/mol. The molecule has 0 aromatic heterocycles. The van der Waals surface area contributed by atoms with Crippen LogP contribution in [0.5, 0.6) is 5.75 Å². The maximum atomic E-state index is 11.1. The largest absolute Gasteiger partial charge is 0.497 e. The Hall–Kier alpha value is -1.75. The standard InChI is InChI=1S/C11H13NO4/c1-15-8-4-2-7(3-5-8)10-9(6-13)16-11(14)12-10/h2-5,9-10,13H,6H2,1H3,(H,12,14)/t9-,10-/m1/s1. The number of carbonyl (C=O) groups is 1. The number of benzene rings is 1. The predicted octanol–water partition coefficient (Wildman–Crippen LogP) is 0.837. The van der Waals surface area contributed by atoms with Crippen molar-refractivity contribution < 1.29 is 19.4 Å². The molecule has 1 heterocycles. The molecule has 0 aliphatic carbocycles. The highest BCUT2D eigenvalue weighted by Gasteiger charge is 2.34. The maximum Gasteiger partial charge on any atom is 0.408 e. The summed E-state index contributed by atoms with van der Waals surface area (Å²) in [7, 11) is 1.59. The molecule has 1 aliphatic rings. The molecule has 1 amide bonds. The molecule has 1 fully saturated rings. The second kappa shape index (κ2) is 4.40. The number of amides is 1. The van der Waals surface area contributed by atoms with Crippen molar-refractivity contribution in [3.8, 4) is 5.75 Å². The summed E-state index contributed by atoms with van der Waals surface area (Å²) in [6.45, 7) is -0.199. The highest BCUT2D eigenvalue weighted by atomic mass is 16.6. The molecule has 5 nitrogen and oxygen atoms in total. The number of ether oxygens (including phenoxy) is 2. The van der Waals surface area contributed by atoms with E-state index in [9.17, 15) is 4.79 Å². The molecule has 0 unspecified atom stereocenters. The summed E-state index contributed by atoms with van der Waals surface area (Å²) in [5.74, 6) is 0.745. The van der Waals surface area contributed by atoms with Gasteiger partial charge in [0, 0.05) is 0 Å². The summed E-state index contributed by atoms with van der Waals surface area (Å²) >= 11 is 0. The van der Waals surface area contributed by atoms with Gasteiger partial charge in [0.05, 0.1) is 19.8 Å². The number of hydrogen-bond donors (Lipinski definition) is 2. The van der Waals surface area contributed by atoms with E-state index in [2.05, 4.69) is 5.32 Å². The Morgan fingerprint density at radius 3 is 2.69 bits per heavy atom. The fraction of sp³-hybridized carbons (Fsp3) is 0.364. The number of aliphatic hydroxyl groups excluding tert-OH is 1. The minimum Gasteiger partial charge on any atom is -0.497 e. The molecule has 2 N–H and O–H groups in total. The fourth-order valence-electron chi connectivity index (χ4n) is 1.71. The Labute approximate surface area is 93.0 Å². The number of rotatable bonds is 3. The van der Waals surface area contributed by atoms with E-state index in [1.54, 1.807) is 19.2 Å². The predicted molar refractivity (Wildman–Crippen MR) is 56.2 cm³/mol. The summed E-state index contributed by atoms with van der Waals surface area (Å²) < 4.78 is 9.94. The minimum atomic E-state index is -0.527. The molecule has 0 saturated carbocycles. The quantitative estimate of drug-likeness (QED) is 0.796. The first-order chi connectivity index (χ1) is 7.74. The molecule has 1 aromatic carbocycles. The van der Waals surface area contributed by atoms with Crippen LogP contribution in [0.25, 0.3) is 0 Å². The van der Waals surface area contributed by atoms with Gasteiger partial charge in [0.1, 0.15) is 5.75 Å². The second-order valence-corrected chi connectivity index (χ2v) is 3.52. The Morgan fingerprint density at radius 2 is 2.12 bits per heavy atom. The number of aliphatic hydroxyl groups is 1. The molecule has 1 aromatic rings. The van der Waals surface area contributed by atoms with E-state index < -0.39 is 12.2 Å². The van der Waals surface area contributed by atoms with Gasteiger partial charge in [-0.05, 0) is 17.7 Å². The lowest BCUT2D eigenvalue weighted by Gasteiger charge is -2.15. The number of nitrogens with one attached hydrogen (secondary N) is 1. The van der Waals surface area contributed by atoms with Gasteiger partial charge in [-0.25, -0.2) is 4.79 Å². The number of carbonyl (C=O) groups excluding carboxylic acids is 1. The second-order valence-electron chi connectivity index (χ2n) is 3.52. The van der Waals surface area contributed by atoms with Gasteiger partial charge in [0.15, 0.2) is 6.10 Å². The van der Waals surface area contributed by atoms with Crippen LogP contribution >= 0.6 is 0 Å². The van der Waals surface area contributed by atoms with Crippen molar-refractivity contribution in [3.05, 3.63) is 29.8 Å². The Balaban J connectivity index is 2.19. The van der Waals surface area contributed by atoms with Gasteiger partial charge >= 0.3 is 6.09 Å². The molecule has 16 heavy (non-hydrogen) atoms. The summed E-state index contributed by atoms with van der Waals surface area (Å²) in [5.41, 5.74) is 0.880. The normalized spacial score (nSPS) is 23.8. The molecule has 0 spiro atoms. The van der Waals surface area contributed by atoms with Gasteiger partial charge in [0.2, 0.25) is 0 Å². The first kappa shape index (κ1) is 10.8. The van der Waals surface area contributed by atoms with Crippen molar-refractivity contribution in [2.45, 2.75) is 12.1 Å². The molecule has 0 bridgehead atoms. The van der Waals surface area contributed by atoms with Crippen LogP contribution in [0.15, 0.2) is 24.3 Å². The van der Waals surface area contributed by atoms with Crippen LogP contribution in [0.3, 0.4) is 0 Å². The van der Waals surface area contributed by atoms with Crippen LogP contribution < -0.4 is 10.1 Å². The number of hydrogen-bond acceptors (Lipinski definition) is 4. The lowest BCUT2D eigenvalue weighted by atomic mass is 10.0. The maximum absolute atomic E-state index is 11.1. The van der Waals surface area contributed by atoms with Gasteiger partial charge in [-0.1, -0.05) is 12.1 Å². The van der Waals surface area contributed by atoms with Crippen LogP contribution in [-0.2, 0) is 4.74 Å². The van der Waals surface area contributed by atoms with Crippen molar-refractivity contribution >= 4 is 6.09 Å². The van der Waals surface area contributed by atoms with E-state index in [4.69, 9.17) is 14.6 Å². The zero-order valence-electron chi connectivity index (χ0n) is 8.84. The zero-order valence-corrected chi connectivity index (χ0v) is 8.84. The summed E-state index contributed by atoms with van der Waals surface area (Å²) in [5, 5.41) is 11.7. The van der Waals surface area contributed by atoms with Gasteiger partial charge < -0.3 is 19.9 Å². The third-order valence-electron chi connectivity index (χ3n) is 2.56. The topological polar surface area (TPSA) is 67.8 Å². The highest BCUT2D eigenvalue weighted by molar-refractivity contribution is 5.70. The van der Waals surface area contributed by atoms with E-state index in [1.165, 1.54) is 0 Å². The van der Waals surface area contributed by atoms with E-state index in [0.717, 1.165) is 11.3 Å². The molecular weight excluding hydrogens is 210 g/mol. The van der Waals surface area contributed by atoms with E-state index >= 15 is 0 Å². The van der Waals surface area contributed by atoms with E-state index in [-0.39, 0.29) is 12.6 Å². The lowest BCUT2D eigenvalue weighted by Crippen LogP contribution is -2.24. The molecule has 1 aliphatic heterocycles. The van der Waals surface area contributed by atoms with Gasteiger partial charge in [0.25, 0.3) is 0 Å². The number of cyclic esters (lactones) is 1. The molecule has 2 rings (SSSR count). The van der Waals surface area contributed by atoms with Gasteiger partial charge in [-0.2, -0.15) is 0 Å². The minimum absolute atomic E-state index is 0.199. The monoisotopic (exact) mass is 223 g/mol. The van der Waals surface area contributed by atoms with Crippen molar-refractivity contribution in [1.29, 1.82) is 0 Å². The third kappa shape index (κ3) is 1.94. The van der Waals surface area contributed by atoms with E-state index in [0.29, 0.717) is 0 Å². The smallest absolute Gasteiger partial charge is 0.408 e. The Kier molecular flexibility index (Phi) is 2.96. The van der Waals surface area contributed by atoms with Crippen molar-refractivity contribution in [2.75, 3.05) is 13.7 Å². The van der Waals surface area contributed by atoms with Crippen LogP contribution in [0.2, 0.25) is 0 Å². The first-order valence-corrected chi connectivity index (χ1v) is 4.96. The lowest BCUT2D eigenvalue weighted by molar-refractivity contribution is 0.0829. The fourth-order valence-corrected chi connectivity index (χ4v) is 1.71. The first-order valence-electron chi connectivity index (χ1n) is 4.96. The summed E-state index contributed by atoms with van der Waals surface area (Å²) in [6.07, 6.45) is -1.03. The molecule has 5 heteroatoms. The zero-order chi connectivity index (χ0) is 11.5. The third-order valence-corrected chi connectivity index (χ3v) is 2.56. The number of methoxy groups -OCH3 is 1. The molecular formula is C11H13NO4. The molecule has 0 radical (unpaired) electrons. The van der Waals surface area contributed by atoms with Crippen LogP contribution in [0.4, 0.5) is 4.79 Å². The van der Waals surface area contributed by atoms with Crippen molar-refractivity contribution in [3.63, 3.8) is 0 Å². The molecule has 86 valence electrons. The van der Waals surface area contributed by atoms with Gasteiger partial charge in [-0.15, -0.1) is 0 Å². The van der Waals surface area contributed by atoms with Crippen molar-refractivity contribution in [2.24, 2.45) is 0 Å². The summed E-state index contributed by atoms with van der Waals surface area (Å²) in [4.78, 5) is 11.1. The number of alkyl carbamates (subject to hydrolysis) is 1. The highest BCUT2D eigenvalue weighted by Crippen LogP contribution is 2.25. The average Bonchev–Trinajstić information content (AvgIpc) is 2.70. The Bertz CT molecular complexity index is 376. The van der Waals surface area contributed by atoms with Crippen LogP contribution in [0.1, 0.15) is 11.6 Å². The van der Waals surface area contributed by atoms with Crippen LogP contribution in [0, 0.1) is 0 Å². The van der Waals surface area contributed by atoms with Crippen LogP contribution in [-0.4, -0.2) is 31.0 Å². The van der Waals surface area contributed by atoms with E-state index in [1.807, 2.05) is 12.1 Å². The van der Waals surface area contributed by atoms with Gasteiger partial charge in [-0.3, -0.25) is 0 Å². The SMILES string of the molecule is COc1ccc([C@H]2NC(=O)O[C@@H]2CO)cc1. The molecule has 2 atom stereocenters.